The van der Waals surface area contributed by atoms with Crippen LogP contribution < -0.4 is 0 Å². The van der Waals surface area contributed by atoms with E-state index in [2.05, 4.69) is 59.4 Å². The zero-order valence-corrected chi connectivity index (χ0v) is 40.0. The number of hydrogen-bond acceptors (Lipinski definition) is 11. The van der Waals surface area contributed by atoms with Crippen molar-refractivity contribution in [2.45, 2.75) is 200 Å². The minimum atomic E-state index is -4.87. The number of allylic oxidation sites excluding steroid dienone is 8. The van der Waals surface area contributed by atoms with Crippen LogP contribution in [0.15, 0.2) is 48.6 Å². The molecule has 62 heavy (non-hydrogen) atoms. The molecule has 0 spiro atoms. The van der Waals surface area contributed by atoms with Crippen molar-refractivity contribution >= 4 is 27.6 Å². The highest BCUT2D eigenvalue weighted by Gasteiger charge is 2.28. The van der Waals surface area contributed by atoms with E-state index < -0.39 is 66.2 Å². The maximum absolute atomic E-state index is 12.7. The summed E-state index contributed by atoms with van der Waals surface area (Å²) in [4.78, 5) is 52.8. The smallest absolute Gasteiger partial charge is 0.462 e. The van der Waals surface area contributed by atoms with E-state index in [9.17, 15) is 33.8 Å². The molecule has 0 heterocycles. The molecule has 16 heteroatoms. The quantitative estimate of drug-likeness (QED) is 0.0166. The summed E-state index contributed by atoms with van der Waals surface area (Å²) in [6.45, 7) is 3.75. The Morgan fingerprint density at radius 1 is 0.516 bits per heavy atom. The van der Waals surface area contributed by atoms with Gasteiger partial charge < -0.3 is 34.4 Å². The average Bonchev–Trinajstić information content (AvgIpc) is 3.22. The predicted octanol–water partition coefficient (Wildman–Crippen LogP) is 11.1. The Kier molecular flexibility index (Phi) is 39.3. The van der Waals surface area contributed by atoms with Crippen molar-refractivity contribution in [2.24, 2.45) is 5.92 Å². The number of phosphoric ester groups is 2. The van der Waals surface area contributed by atoms with Crippen LogP contribution in [0.3, 0.4) is 0 Å². The Hall–Kier alpha value is -1.96. The van der Waals surface area contributed by atoms with Crippen LogP contribution in [0.25, 0.3) is 0 Å². The van der Waals surface area contributed by atoms with Gasteiger partial charge >= 0.3 is 27.6 Å². The Morgan fingerprint density at radius 2 is 0.968 bits per heavy atom. The fourth-order valence-corrected chi connectivity index (χ4v) is 7.25. The summed E-state index contributed by atoms with van der Waals surface area (Å²) in [6, 6.07) is 0. The van der Waals surface area contributed by atoms with Crippen LogP contribution in [0.2, 0.25) is 0 Å². The van der Waals surface area contributed by atoms with Crippen molar-refractivity contribution in [1.29, 1.82) is 0 Å². The van der Waals surface area contributed by atoms with Gasteiger partial charge in [-0.05, 0) is 63.7 Å². The van der Waals surface area contributed by atoms with Gasteiger partial charge in [0.05, 0.1) is 25.9 Å². The third kappa shape index (κ3) is 44.6. The molecular formula is C46H84O14P2. The zero-order chi connectivity index (χ0) is 46.2. The van der Waals surface area contributed by atoms with Gasteiger partial charge in [-0.1, -0.05) is 159 Å². The van der Waals surface area contributed by atoms with Gasteiger partial charge in [-0.25, -0.2) is 9.13 Å². The van der Waals surface area contributed by atoms with Gasteiger partial charge in [-0.2, -0.15) is 0 Å². The normalized spacial score (nSPS) is 15.0. The van der Waals surface area contributed by atoms with Crippen molar-refractivity contribution in [3.8, 4) is 0 Å². The Bertz CT molecular complexity index is 1310. The molecular weight excluding hydrogens is 838 g/mol. The molecule has 0 rings (SSSR count). The van der Waals surface area contributed by atoms with E-state index in [-0.39, 0.29) is 18.9 Å². The monoisotopic (exact) mass is 923 g/mol. The number of aliphatic hydroxyl groups excluding tert-OH is 2. The van der Waals surface area contributed by atoms with E-state index in [1.807, 2.05) is 19.1 Å². The van der Waals surface area contributed by atoms with E-state index in [1.165, 1.54) is 70.6 Å². The molecule has 0 aliphatic rings. The molecule has 0 aromatic carbocycles. The summed E-state index contributed by atoms with van der Waals surface area (Å²) in [5.74, 6) is -0.305. The average molecular weight is 923 g/mol. The first-order chi connectivity index (χ1) is 29.6. The van der Waals surface area contributed by atoms with Crippen molar-refractivity contribution in [2.75, 3.05) is 26.4 Å². The van der Waals surface area contributed by atoms with E-state index >= 15 is 0 Å². The lowest BCUT2D eigenvalue weighted by Gasteiger charge is -2.20. The highest BCUT2D eigenvalue weighted by molar-refractivity contribution is 7.47. The fourth-order valence-electron chi connectivity index (χ4n) is 6.09. The second-order valence-electron chi connectivity index (χ2n) is 16.3. The first-order valence-electron chi connectivity index (χ1n) is 23.3. The summed E-state index contributed by atoms with van der Waals surface area (Å²) in [6.07, 6.45) is 37.7. The van der Waals surface area contributed by atoms with E-state index in [1.54, 1.807) is 0 Å². The first kappa shape index (κ1) is 60.0. The molecule has 0 radical (unpaired) electrons. The molecule has 0 aromatic rings. The molecule has 0 fully saturated rings. The fraction of sp³-hybridized carbons (Fsp3) is 0.783. The van der Waals surface area contributed by atoms with Gasteiger partial charge in [0.15, 0.2) is 6.10 Å². The van der Waals surface area contributed by atoms with E-state index in [4.69, 9.17) is 23.8 Å². The SMILES string of the molecule is CC[C@@H](O)CC/C=C\C/C=C\C/C=C\C/C=C\CCCC(=O)O[C@H](COC(=O)CCCCCCCCCCCCCCCCC(C)C)COP(=O)(O)OC[C@@H](O)COP(=O)(O)O. The minimum absolute atomic E-state index is 0.0424. The summed E-state index contributed by atoms with van der Waals surface area (Å²) in [5.41, 5.74) is 0. The summed E-state index contributed by atoms with van der Waals surface area (Å²) >= 11 is 0. The Labute approximate surface area is 373 Å². The third-order valence-electron chi connectivity index (χ3n) is 9.80. The van der Waals surface area contributed by atoms with Crippen molar-refractivity contribution < 1.29 is 66.7 Å². The Morgan fingerprint density at radius 3 is 1.48 bits per heavy atom. The topological polar surface area (TPSA) is 216 Å². The number of aliphatic hydroxyl groups is 2. The molecule has 0 amide bonds. The number of esters is 2. The second kappa shape index (κ2) is 40.5. The van der Waals surface area contributed by atoms with Crippen molar-refractivity contribution in [1.82, 2.24) is 0 Å². The molecule has 4 atom stereocenters. The summed E-state index contributed by atoms with van der Waals surface area (Å²) in [7, 11) is -9.71. The van der Waals surface area contributed by atoms with Crippen LogP contribution in [0.1, 0.15) is 181 Å². The van der Waals surface area contributed by atoms with Crippen LogP contribution in [-0.2, 0) is 41.8 Å². The number of carbonyl (C=O) groups is 2. The second-order valence-corrected chi connectivity index (χ2v) is 19.0. The van der Waals surface area contributed by atoms with Crippen molar-refractivity contribution in [3.05, 3.63) is 48.6 Å². The molecule has 0 saturated carbocycles. The number of phosphoric acid groups is 2. The molecule has 0 aromatic heterocycles. The highest BCUT2D eigenvalue weighted by atomic mass is 31.2. The number of carbonyl (C=O) groups excluding carboxylic acids is 2. The van der Waals surface area contributed by atoms with Gasteiger partial charge in [0.1, 0.15) is 12.7 Å². The maximum atomic E-state index is 12.7. The lowest BCUT2D eigenvalue weighted by atomic mass is 10.0. The van der Waals surface area contributed by atoms with Gasteiger partial charge in [-0.3, -0.25) is 23.2 Å². The molecule has 1 unspecified atom stereocenters. The molecule has 362 valence electrons. The molecule has 0 saturated heterocycles. The van der Waals surface area contributed by atoms with Crippen LogP contribution in [0, 0.1) is 5.92 Å². The first-order valence-corrected chi connectivity index (χ1v) is 26.3. The number of unbranched alkanes of at least 4 members (excludes halogenated alkanes) is 14. The van der Waals surface area contributed by atoms with Crippen LogP contribution in [0.5, 0.6) is 0 Å². The van der Waals surface area contributed by atoms with Crippen LogP contribution in [-0.4, -0.2) is 81.6 Å². The lowest BCUT2D eigenvalue weighted by molar-refractivity contribution is -0.161. The van der Waals surface area contributed by atoms with E-state index in [0.717, 1.165) is 63.7 Å². The highest BCUT2D eigenvalue weighted by Crippen LogP contribution is 2.43. The minimum Gasteiger partial charge on any atom is -0.462 e. The maximum Gasteiger partial charge on any atom is 0.472 e. The molecule has 0 aliphatic heterocycles. The molecule has 5 N–H and O–H groups in total. The molecule has 0 aliphatic carbocycles. The zero-order valence-electron chi connectivity index (χ0n) is 38.2. The third-order valence-corrected chi connectivity index (χ3v) is 11.2. The number of hydrogen-bond donors (Lipinski definition) is 5. The standard InChI is InChI=1S/C46H84O14P2/c1-4-42(47)34-30-26-22-18-14-10-6-8-12-16-20-24-28-32-36-46(50)60-44(40-59-62(54,55)58-38-43(48)37-57-61(51,52)53)39-56-45(49)35-31-27-23-19-15-11-7-5-9-13-17-21-25-29-33-41(2)3/h8,10,12,14,20,22,24,26,41-44,47-48H,4-7,9,11,13,15-19,21,23,25,27-40H2,1-3H3,(H,54,55)(H2,51,52,53)/b12-8-,14-10-,24-20-,26-22-/t42-,43+,44-/m1/s1. The van der Waals surface area contributed by atoms with Gasteiger partial charge in [-0.15, -0.1) is 0 Å². The van der Waals surface area contributed by atoms with Crippen molar-refractivity contribution in [3.63, 3.8) is 0 Å². The van der Waals surface area contributed by atoms with E-state index in [0.29, 0.717) is 19.3 Å². The molecule has 0 bridgehead atoms. The van der Waals surface area contributed by atoms with Gasteiger partial charge in [0, 0.05) is 12.8 Å². The summed E-state index contributed by atoms with van der Waals surface area (Å²) in [5, 5.41) is 19.3. The molecule has 14 nitrogen and oxygen atoms in total. The van der Waals surface area contributed by atoms with Crippen LogP contribution in [0.4, 0.5) is 0 Å². The number of rotatable bonds is 43. The Balaban J connectivity index is 4.57. The summed E-state index contributed by atoms with van der Waals surface area (Å²) < 4.78 is 47.8. The van der Waals surface area contributed by atoms with Crippen LogP contribution >= 0.6 is 15.6 Å². The predicted molar refractivity (Wildman–Crippen MR) is 245 cm³/mol. The largest absolute Gasteiger partial charge is 0.472 e. The number of ether oxygens (including phenoxy) is 2. The van der Waals surface area contributed by atoms with Gasteiger partial charge in [0.25, 0.3) is 0 Å². The lowest BCUT2D eigenvalue weighted by Crippen LogP contribution is -2.29. The van der Waals surface area contributed by atoms with Gasteiger partial charge in [0.2, 0.25) is 0 Å².